The Kier molecular flexibility index (Phi) is 5.35. The highest BCUT2D eigenvalue weighted by Crippen LogP contribution is 2.38. The molecule has 0 aromatic heterocycles. The lowest BCUT2D eigenvalue weighted by atomic mass is 9.73. The predicted octanol–water partition coefficient (Wildman–Crippen LogP) is 4.50. The van der Waals surface area contributed by atoms with E-state index in [9.17, 15) is 10.2 Å². The first-order valence-corrected chi connectivity index (χ1v) is 8.59. The second-order valence-electron chi connectivity index (χ2n) is 6.58. The summed E-state index contributed by atoms with van der Waals surface area (Å²) in [6, 6.07) is 18.1. The molecule has 1 fully saturated rings. The molecule has 2 nitrogen and oxygen atoms in total. The number of benzene rings is 2. The van der Waals surface area contributed by atoms with Crippen molar-refractivity contribution in [3.05, 3.63) is 71.6 Å². The highest BCUT2D eigenvalue weighted by atomic mass is 16.3. The molecule has 2 heteroatoms. The van der Waals surface area contributed by atoms with Gasteiger partial charge in [-0.05, 0) is 61.3 Å². The van der Waals surface area contributed by atoms with Crippen molar-refractivity contribution in [3.63, 3.8) is 0 Å². The maximum absolute atomic E-state index is 10.1. The molecule has 3 rings (SSSR count). The van der Waals surface area contributed by atoms with E-state index < -0.39 is 0 Å². The third-order valence-corrected chi connectivity index (χ3v) is 4.88. The van der Waals surface area contributed by atoms with Gasteiger partial charge in [0.05, 0.1) is 6.10 Å². The van der Waals surface area contributed by atoms with Crippen LogP contribution in [0.3, 0.4) is 0 Å². The third-order valence-electron chi connectivity index (χ3n) is 4.88. The fourth-order valence-corrected chi connectivity index (χ4v) is 3.71. The van der Waals surface area contributed by atoms with Crippen LogP contribution >= 0.6 is 0 Å². The quantitative estimate of drug-likeness (QED) is 0.854. The van der Waals surface area contributed by atoms with E-state index in [1.54, 1.807) is 6.07 Å². The van der Waals surface area contributed by atoms with Crippen molar-refractivity contribution in [2.45, 2.75) is 44.6 Å². The molecule has 0 spiro atoms. The average molecular weight is 309 g/mol. The van der Waals surface area contributed by atoms with Gasteiger partial charge in [0.2, 0.25) is 0 Å². The summed E-state index contributed by atoms with van der Waals surface area (Å²) in [4.78, 5) is 0. The number of hydrogen-bond acceptors (Lipinski definition) is 2. The Hall–Kier alpha value is -1.80. The maximum Gasteiger partial charge on any atom is 0.115 e. The summed E-state index contributed by atoms with van der Waals surface area (Å²) < 4.78 is 0. The van der Waals surface area contributed by atoms with Crippen molar-refractivity contribution in [1.29, 1.82) is 0 Å². The minimum absolute atomic E-state index is 0.159. The van der Waals surface area contributed by atoms with Gasteiger partial charge in [0.15, 0.2) is 0 Å². The van der Waals surface area contributed by atoms with Crippen LogP contribution in [0.25, 0.3) is 0 Å². The molecule has 0 saturated heterocycles. The van der Waals surface area contributed by atoms with Crippen molar-refractivity contribution < 1.29 is 10.2 Å². The summed E-state index contributed by atoms with van der Waals surface area (Å²) >= 11 is 0. The van der Waals surface area contributed by atoms with Crippen LogP contribution in [0.2, 0.25) is 0 Å². The molecule has 0 heterocycles. The molecule has 2 aromatic rings. The van der Waals surface area contributed by atoms with Crippen LogP contribution in [0.1, 0.15) is 43.2 Å². The number of phenols is 1. The topological polar surface area (TPSA) is 40.5 Å². The minimum Gasteiger partial charge on any atom is -0.508 e. The lowest BCUT2D eigenvalue weighted by Crippen LogP contribution is -2.25. The van der Waals surface area contributed by atoms with Crippen molar-refractivity contribution in [1.82, 2.24) is 0 Å². The normalized spacial score (nSPS) is 21.5. The Morgan fingerprint density at radius 2 is 1.83 bits per heavy atom. The highest BCUT2D eigenvalue weighted by Gasteiger charge is 2.28. The van der Waals surface area contributed by atoms with Crippen LogP contribution in [-0.2, 0) is 6.42 Å². The lowest BCUT2D eigenvalue weighted by Gasteiger charge is -2.32. The molecule has 2 atom stereocenters. The van der Waals surface area contributed by atoms with Crippen molar-refractivity contribution in [3.8, 4) is 5.75 Å². The summed E-state index contributed by atoms with van der Waals surface area (Å²) in [5.41, 5.74) is 2.46. The van der Waals surface area contributed by atoms with E-state index >= 15 is 0 Å². The van der Waals surface area contributed by atoms with Gasteiger partial charge in [-0.25, -0.2) is 0 Å². The monoisotopic (exact) mass is 309 g/mol. The number of aliphatic hydroxyl groups excluding tert-OH is 1. The van der Waals surface area contributed by atoms with Crippen LogP contribution < -0.4 is 0 Å². The van der Waals surface area contributed by atoms with Gasteiger partial charge in [-0.1, -0.05) is 48.9 Å². The third kappa shape index (κ3) is 4.35. The zero-order valence-electron chi connectivity index (χ0n) is 13.5. The van der Waals surface area contributed by atoms with Crippen LogP contribution in [0.5, 0.6) is 5.75 Å². The Labute approximate surface area is 138 Å². The number of rotatable bonds is 5. The largest absolute Gasteiger partial charge is 0.508 e. The van der Waals surface area contributed by atoms with Crippen molar-refractivity contribution in [2.75, 3.05) is 0 Å². The molecule has 1 radical (unpaired) electrons. The Morgan fingerprint density at radius 3 is 2.57 bits per heavy atom. The first-order chi connectivity index (χ1) is 11.2. The van der Waals surface area contributed by atoms with Gasteiger partial charge in [-0.2, -0.15) is 0 Å². The Bertz CT molecular complexity index is 608. The zero-order valence-corrected chi connectivity index (χ0v) is 13.5. The van der Waals surface area contributed by atoms with Gasteiger partial charge in [0.1, 0.15) is 5.75 Å². The molecule has 23 heavy (non-hydrogen) atoms. The predicted molar refractivity (Wildman–Crippen MR) is 93.2 cm³/mol. The molecule has 1 aliphatic carbocycles. The fourth-order valence-electron chi connectivity index (χ4n) is 3.71. The average Bonchev–Trinajstić information content (AvgIpc) is 2.56. The molecule has 0 aliphatic heterocycles. The molecule has 0 bridgehead atoms. The molecule has 1 aliphatic rings. The first-order valence-electron chi connectivity index (χ1n) is 8.59. The van der Waals surface area contributed by atoms with Gasteiger partial charge < -0.3 is 10.2 Å². The van der Waals surface area contributed by atoms with Crippen LogP contribution in [0.4, 0.5) is 0 Å². The van der Waals surface area contributed by atoms with E-state index in [0.29, 0.717) is 11.7 Å². The maximum atomic E-state index is 10.1. The Balaban J connectivity index is 1.75. The molecular weight excluding hydrogens is 284 g/mol. The number of hydrogen-bond donors (Lipinski definition) is 2. The molecule has 0 amide bonds. The van der Waals surface area contributed by atoms with Gasteiger partial charge in [0.25, 0.3) is 0 Å². The van der Waals surface area contributed by atoms with Gasteiger partial charge in [0, 0.05) is 5.92 Å². The van der Waals surface area contributed by atoms with Gasteiger partial charge in [-0.15, -0.1) is 0 Å². The molecular formula is C21H25O2. The summed E-state index contributed by atoms with van der Waals surface area (Å²) in [6.07, 6.45) is 5.83. The fraction of sp³-hybridized carbons (Fsp3) is 0.381. The summed E-state index contributed by atoms with van der Waals surface area (Å²) in [6.45, 7) is 0. The minimum atomic E-state index is -0.159. The van der Waals surface area contributed by atoms with Gasteiger partial charge >= 0.3 is 0 Å². The molecule has 121 valence electrons. The molecule has 2 unspecified atom stereocenters. The second-order valence-corrected chi connectivity index (χ2v) is 6.58. The number of aliphatic hydroxyl groups is 1. The summed E-state index contributed by atoms with van der Waals surface area (Å²) in [7, 11) is 0. The smallest absolute Gasteiger partial charge is 0.115 e. The SMILES string of the molecule is Oc1cccc(CC[C](c2ccccc2)C2CCCC(O)C2)c1. The van der Waals surface area contributed by atoms with Crippen molar-refractivity contribution in [2.24, 2.45) is 5.92 Å². The standard InChI is InChI=1S/C21H25O2/c22-19-10-4-6-16(14-19)12-13-21(17-7-2-1-3-8-17)18-9-5-11-20(23)15-18/h1-4,6-8,10,14,18,20,22-23H,5,9,11-13,15H2. The molecule has 1 saturated carbocycles. The van der Waals surface area contributed by atoms with Crippen molar-refractivity contribution >= 4 is 0 Å². The van der Waals surface area contributed by atoms with E-state index in [0.717, 1.165) is 37.7 Å². The molecule has 2 aromatic carbocycles. The van der Waals surface area contributed by atoms with E-state index in [4.69, 9.17) is 0 Å². The summed E-state index contributed by atoms with van der Waals surface area (Å²) in [5.74, 6) is 2.25. The zero-order chi connectivity index (χ0) is 16.1. The van der Waals surface area contributed by atoms with Crippen LogP contribution in [0.15, 0.2) is 54.6 Å². The van der Waals surface area contributed by atoms with Crippen LogP contribution in [-0.4, -0.2) is 16.3 Å². The van der Waals surface area contributed by atoms with E-state index in [1.165, 1.54) is 17.9 Å². The summed E-state index contributed by atoms with van der Waals surface area (Å²) in [5, 5.41) is 19.7. The number of aromatic hydroxyl groups is 1. The van der Waals surface area contributed by atoms with Crippen LogP contribution in [0, 0.1) is 11.8 Å². The molecule has 2 N–H and O–H groups in total. The van der Waals surface area contributed by atoms with E-state index in [1.807, 2.05) is 18.2 Å². The number of aryl methyl sites for hydroxylation is 1. The van der Waals surface area contributed by atoms with E-state index in [-0.39, 0.29) is 6.10 Å². The highest BCUT2D eigenvalue weighted by molar-refractivity contribution is 5.34. The Morgan fingerprint density at radius 1 is 1.00 bits per heavy atom. The first kappa shape index (κ1) is 16.1. The second kappa shape index (κ2) is 7.65. The number of phenolic OH excluding ortho intramolecular Hbond substituents is 1. The lowest BCUT2D eigenvalue weighted by molar-refractivity contribution is 0.105. The van der Waals surface area contributed by atoms with Gasteiger partial charge in [-0.3, -0.25) is 0 Å². The van der Waals surface area contributed by atoms with E-state index in [2.05, 4.69) is 30.3 Å².